The van der Waals surface area contributed by atoms with Crippen molar-refractivity contribution in [2.75, 3.05) is 0 Å². The van der Waals surface area contributed by atoms with E-state index in [0.717, 1.165) is 0 Å². The van der Waals surface area contributed by atoms with Crippen LogP contribution in [0.5, 0.6) is 0 Å². The number of benzene rings is 7. The van der Waals surface area contributed by atoms with Crippen LogP contribution in [0.4, 0.5) is 0 Å². The molecular formula is C43H27BN2. The molecule has 4 heterocycles. The minimum atomic E-state index is 0.106. The fourth-order valence-electron chi connectivity index (χ4n) is 8.86. The van der Waals surface area contributed by atoms with E-state index in [0.29, 0.717) is 0 Å². The third kappa shape index (κ3) is 2.94. The average Bonchev–Trinajstić information content (AvgIpc) is 3.63. The summed E-state index contributed by atoms with van der Waals surface area (Å²) in [4.78, 5) is 0. The van der Waals surface area contributed by atoms with Crippen LogP contribution in [0, 0.1) is 6.92 Å². The van der Waals surface area contributed by atoms with Crippen molar-refractivity contribution in [1.82, 2.24) is 9.13 Å². The molecule has 0 saturated carbocycles. The number of aryl methyl sites for hydroxylation is 1. The lowest BCUT2D eigenvalue weighted by Crippen LogP contribution is -2.59. The predicted molar refractivity (Wildman–Crippen MR) is 195 cm³/mol. The quantitative estimate of drug-likeness (QED) is 0.181. The van der Waals surface area contributed by atoms with Crippen molar-refractivity contribution < 1.29 is 0 Å². The molecule has 0 aliphatic carbocycles. The van der Waals surface area contributed by atoms with Gasteiger partial charge in [-0.3, -0.25) is 0 Å². The Morgan fingerprint density at radius 1 is 0.478 bits per heavy atom. The third-order valence-corrected chi connectivity index (χ3v) is 10.5. The first-order chi connectivity index (χ1) is 22.8. The van der Waals surface area contributed by atoms with Crippen LogP contribution in [-0.2, 0) is 0 Å². The first-order valence-electron chi connectivity index (χ1n) is 16.2. The van der Waals surface area contributed by atoms with Crippen LogP contribution in [0.25, 0.3) is 77.2 Å². The third-order valence-electron chi connectivity index (χ3n) is 10.5. The summed E-state index contributed by atoms with van der Waals surface area (Å²) in [6, 6.07) is 54.2. The molecular weight excluding hydrogens is 555 g/mol. The first kappa shape index (κ1) is 24.5. The summed E-state index contributed by atoms with van der Waals surface area (Å²) in [6.07, 6.45) is 0. The highest BCUT2D eigenvalue weighted by atomic mass is 15.0. The molecule has 0 atom stereocenters. The minimum Gasteiger partial charge on any atom is -0.310 e. The zero-order valence-corrected chi connectivity index (χ0v) is 25.3. The maximum atomic E-state index is 2.62. The summed E-state index contributed by atoms with van der Waals surface area (Å²) < 4.78 is 5.17. The maximum absolute atomic E-state index is 2.62. The molecule has 2 aromatic heterocycles. The fourth-order valence-corrected chi connectivity index (χ4v) is 8.86. The van der Waals surface area contributed by atoms with Crippen LogP contribution in [0.3, 0.4) is 0 Å². The Morgan fingerprint density at radius 3 is 1.93 bits per heavy atom. The van der Waals surface area contributed by atoms with Crippen LogP contribution < -0.4 is 16.4 Å². The summed E-state index contributed by atoms with van der Waals surface area (Å²) in [5, 5.41) is 6.57. The number of hydrogen-bond acceptors (Lipinski definition) is 0. The zero-order chi connectivity index (χ0) is 30.1. The molecule has 9 aromatic rings. The number of rotatable bonds is 2. The highest BCUT2D eigenvalue weighted by molar-refractivity contribution is 7.01. The normalized spacial score (nSPS) is 12.8. The lowest BCUT2D eigenvalue weighted by Gasteiger charge is -2.35. The molecule has 0 amide bonds. The van der Waals surface area contributed by atoms with Gasteiger partial charge in [0.1, 0.15) is 0 Å². The summed E-state index contributed by atoms with van der Waals surface area (Å²) in [5.74, 6) is 0. The minimum absolute atomic E-state index is 0.106. The van der Waals surface area contributed by atoms with E-state index in [1.54, 1.807) is 0 Å². The molecule has 0 fully saturated rings. The molecule has 0 radical (unpaired) electrons. The molecule has 0 saturated heterocycles. The Kier molecular flexibility index (Phi) is 4.63. The van der Waals surface area contributed by atoms with E-state index in [2.05, 4.69) is 162 Å². The van der Waals surface area contributed by atoms with Crippen molar-refractivity contribution in [2.45, 2.75) is 6.92 Å². The number of aromatic nitrogens is 2. The van der Waals surface area contributed by atoms with Crippen LogP contribution in [-0.4, -0.2) is 15.8 Å². The van der Waals surface area contributed by atoms with E-state index >= 15 is 0 Å². The van der Waals surface area contributed by atoms with Gasteiger partial charge in [0.05, 0.1) is 16.7 Å². The molecule has 212 valence electrons. The number of para-hydroxylation sites is 2. The monoisotopic (exact) mass is 582 g/mol. The van der Waals surface area contributed by atoms with Crippen molar-refractivity contribution in [3.05, 3.63) is 151 Å². The van der Waals surface area contributed by atoms with Crippen LogP contribution in [0.2, 0.25) is 0 Å². The van der Waals surface area contributed by atoms with Crippen molar-refractivity contribution in [1.29, 1.82) is 0 Å². The van der Waals surface area contributed by atoms with Gasteiger partial charge in [-0.2, -0.15) is 0 Å². The largest absolute Gasteiger partial charge is 0.310 e. The zero-order valence-electron chi connectivity index (χ0n) is 25.3. The number of nitrogens with zero attached hydrogens (tertiary/aromatic N) is 2. The molecule has 0 unspecified atom stereocenters. The molecule has 0 bridgehead atoms. The number of hydrogen-bond donors (Lipinski definition) is 0. The molecule has 2 nitrogen and oxygen atoms in total. The Hall–Kier alpha value is -5.80. The van der Waals surface area contributed by atoms with Gasteiger partial charge in [0.25, 0.3) is 6.71 Å². The highest BCUT2D eigenvalue weighted by Gasteiger charge is 2.42. The molecule has 3 heteroatoms. The van der Waals surface area contributed by atoms with Crippen molar-refractivity contribution in [3.63, 3.8) is 0 Å². The summed E-state index contributed by atoms with van der Waals surface area (Å²) in [5.41, 5.74) is 17.0. The Balaban J connectivity index is 1.44. The van der Waals surface area contributed by atoms with Gasteiger partial charge in [0.15, 0.2) is 0 Å². The molecule has 11 rings (SSSR count). The van der Waals surface area contributed by atoms with Gasteiger partial charge in [0.2, 0.25) is 0 Å². The molecule has 0 N–H and O–H groups in total. The van der Waals surface area contributed by atoms with E-state index in [-0.39, 0.29) is 6.71 Å². The van der Waals surface area contributed by atoms with Crippen LogP contribution in [0.1, 0.15) is 5.56 Å². The molecule has 7 aromatic carbocycles. The van der Waals surface area contributed by atoms with E-state index < -0.39 is 0 Å². The Bertz CT molecular complexity index is 2750. The van der Waals surface area contributed by atoms with Gasteiger partial charge in [-0.05, 0) is 75.0 Å². The molecule has 0 spiro atoms. The van der Waals surface area contributed by atoms with E-state index in [4.69, 9.17) is 0 Å². The van der Waals surface area contributed by atoms with E-state index in [9.17, 15) is 0 Å². The molecule has 2 aliphatic rings. The van der Waals surface area contributed by atoms with Crippen molar-refractivity contribution in [3.8, 4) is 33.8 Å². The highest BCUT2D eigenvalue weighted by Crippen LogP contribution is 2.46. The lowest BCUT2D eigenvalue weighted by molar-refractivity contribution is 1.11. The fraction of sp³-hybridized carbons (Fsp3) is 0.0233. The standard InChI is InChI=1S/C43H27BN2/c1-26-23-36-40-37(24-26)46-41(28-15-6-3-7-16-28)38(27-13-4-2-5-14-27)33-25-29-17-8-9-18-30(29)39(43(33)46)44(40)34-21-12-20-32-31-19-10-11-22-35(31)45(36)42(32)34/h2-25H,1H3. The van der Waals surface area contributed by atoms with Crippen molar-refractivity contribution >= 4 is 66.6 Å². The first-order valence-corrected chi connectivity index (χ1v) is 16.2. The molecule has 46 heavy (non-hydrogen) atoms. The van der Waals surface area contributed by atoms with Crippen molar-refractivity contribution in [2.24, 2.45) is 0 Å². The van der Waals surface area contributed by atoms with Gasteiger partial charge >= 0.3 is 0 Å². The summed E-state index contributed by atoms with van der Waals surface area (Å²) in [6.45, 7) is 2.36. The van der Waals surface area contributed by atoms with Crippen LogP contribution in [0.15, 0.2) is 146 Å². The number of fused-ring (bicyclic) bond motifs is 9. The van der Waals surface area contributed by atoms with E-state index in [1.165, 1.54) is 99.2 Å². The SMILES string of the molecule is Cc1cc2c3c(c1)-n1c4ccccc4c4cccc(c41)B3c1c3ccccc3cc3c(-c4ccccc4)c(-c4ccccc4)n-2c13. The summed E-state index contributed by atoms with van der Waals surface area (Å²) >= 11 is 0. The average molecular weight is 583 g/mol. The smallest absolute Gasteiger partial charge is 0.253 e. The van der Waals surface area contributed by atoms with Gasteiger partial charge in [-0.15, -0.1) is 0 Å². The Labute approximate surface area is 266 Å². The molecule has 2 aliphatic heterocycles. The predicted octanol–water partition coefficient (Wildman–Crippen LogP) is 8.67. The topological polar surface area (TPSA) is 9.86 Å². The summed E-state index contributed by atoms with van der Waals surface area (Å²) in [7, 11) is 0. The van der Waals surface area contributed by atoms with Crippen LogP contribution >= 0.6 is 0 Å². The second-order valence-corrected chi connectivity index (χ2v) is 12.9. The maximum Gasteiger partial charge on any atom is 0.253 e. The van der Waals surface area contributed by atoms with E-state index in [1.807, 2.05) is 0 Å². The second-order valence-electron chi connectivity index (χ2n) is 12.9. The second kappa shape index (κ2) is 8.68. The lowest BCUT2D eigenvalue weighted by atomic mass is 9.33. The van der Waals surface area contributed by atoms with Gasteiger partial charge in [-0.25, -0.2) is 0 Å². The van der Waals surface area contributed by atoms with Gasteiger partial charge in [-0.1, -0.05) is 121 Å². The van der Waals surface area contributed by atoms with Gasteiger partial charge in [0, 0.05) is 38.6 Å². The Morgan fingerprint density at radius 2 is 1.13 bits per heavy atom. The van der Waals surface area contributed by atoms with Gasteiger partial charge < -0.3 is 9.13 Å².